The fourth-order valence-corrected chi connectivity index (χ4v) is 5.94. The van der Waals surface area contributed by atoms with Crippen molar-refractivity contribution in [3.05, 3.63) is 48.0 Å². The number of carbonyl (C=O) groups excluding carboxylic acids is 1. The second-order valence-electron chi connectivity index (χ2n) is 8.29. The highest BCUT2D eigenvalue weighted by atomic mass is 32.2. The van der Waals surface area contributed by atoms with Gasteiger partial charge in [0, 0.05) is 26.2 Å². The van der Waals surface area contributed by atoms with Crippen LogP contribution in [0.4, 0.5) is 11.4 Å². The Labute approximate surface area is 195 Å². The Balaban J connectivity index is 1.52. The van der Waals surface area contributed by atoms with E-state index in [9.17, 15) is 13.2 Å². The van der Waals surface area contributed by atoms with E-state index in [1.807, 2.05) is 24.3 Å². The molecule has 0 unspecified atom stereocenters. The first-order valence-corrected chi connectivity index (χ1v) is 12.8. The van der Waals surface area contributed by atoms with Gasteiger partial charge in [0.2, 0.25) is 15.9 Å². The van der Waals surface area contributed by atoms with Crippen LogP contribution >= 0.6 is 0 Å². The molecule has 0 aliphatic carbocycles. The summed E-state index contributed by atoms with van der Waals surface area (Å²) in [5, 5.41) is 3.02. The van der Waals surface area contributed by atoms with Crippen LogP contribution in [0.15, 0.2) is 47.4 Å². The average molecular weight is 474 g/mol. The average Bonchev–Trinajstić information content (AvgIpc) is 2.85. The highest BCUT2D eigenvalue weighted by Gasteiger charge is 2.29. The second kappa shape index (κ2) is 10.5. The molecule has 0 radical (unpaired) electrons. The predicted octanol–water partition coefficient (Wildman–Crippen LogP) is 2.89. The van der Waals surface area contributed by atoms with Crippen molar-refractivity contribution in [2.45, 2.75) is 30.6 Å². The normalized spacial score (nSPS) is 17.5. The first-order valence-electron chi connectivity index (χ1n) is 11.4. The van der Waals surface area contributed by atoms with Crippen molar-refractivity contribution in [3.8, 4) is 5.75 Å². The fraction of sp³-hybridized carbons (Fsp3) is 0.458. The van der Waals surface area contributed by atoms with Crippen LogP contribution in [0.2, 0.25) is 0 Å². The standard InChI is InChI=1S/C24H31N3O5S/c1-31-22-10-9-19(17-23(22)33(29,30)27-13-15-32-16-14-27)18-24(28)25-20-7-3-4-8-21(20)26-11-5-2-6-12-26/h3-4,7-10,17H,2,5-6,11-16,18H2,1H3,(H,25,28). The summed E-state index contributed by atoms with van der Waals surface area (Å²) in [6, 6.07) is 12.7. The van der Waals surface area contributed by atoms with E-state index in [2.05, 4.69) is 10.2 Å². The van der Waals surface area contributed by atoms with Crippen LogP contribution in [0.5, 0.6) is 5.75 Å². The lowest BCUT2D eigenvalue weighted by Gasteiger charge is -2.30. The summed E-state index contributed by atoms with van der Waals surface area (Å²) in [5.41, 5.74) is 2.41. The molecule has 33 heavy (non-hydrogen) atoms. The Hall–Kier alpha value is -2.62. The molecule has 1 N–H and O–H groups in total. The number of ether oxygens (including phenoxy) is 2. The minimum absolute atomic E-state index is 0.0595. The van der Waals surface area contributed by atoms with Gasteiger partial charge < -0.3 is 19.7 Å². The molecular formula is C24H31N3O5S. The molecule has 4 rings (SSSR count). The molecule has 2 aliphatic rings. The fourth-order valence-electron chi connectivity index (χ4n) is 4.33. The van der Waals surface area contributed by atoms with E-state index in [4.69, 9.17) is 9.47 Å². The van der Waals surface area contributed by atoms with Crippen molar-refractivity contribution in [1.82, 2.24) is 4.31 Å². The molecule has 0 atom stereocenters. The zero-order valence-corrected chi connectivity index (χ0v) is 19.8. The number of sulfonamides is 1. The number of piperidine rings is 1. The maximum Gasteiger partial charge on any atom is 0.246 e. The zero-order chi connectivity index (χ0) is 23.3. The van der Waals surface area contributed by atoms with E-state index < -0.39 is 10.0 Å². The van der Waals surface area contributed by atoms with Gasteiger partial charge in [-0.2, -0.15) is 4.31 Å². The molecule has 8 nitrogen and oxygen atoms in total. The van der Waals surface area contributed by atoms with Gasteiger partial charge in [0.15, 0.2) is 0 Å². The van der Waals surface area contributed by atoms with Crippen LogP contribution in [0, 0.1) is 0 Å². The number of hydrogen-bond acceptors (Lipinski definition) is 6. The van der Waals surface area contributed by atoms with Gasteiger partial charge in [0.1, 0.15) is 10.6 Å². The molecule has 1 amide bonds. The summed E-state index contributed by atoms with van der Waals surface area (Å²) >= 11 is 0. The van der Waals surface area contributed by atoms with E-state index in [0.717, 1.165) is 37.3 Å². The highest BCUT2D eigenvalue weighted by molar-refractivity contribution is 7.89. The Bertz CT molecular complexity index is 1080. The number of rotatable bonds is 7. The number of anilines is 2. The van der Waals surface area contributed by atoms with Crippen LogP contribution in [-0.4, -0.2) is 65.1 Å². The molecule has 2 aromatic rings. The van der Waals surface area contributed by atoms with E-state index in [0.29, 0.717) is 31.9 Å². The first kappa shape index (κ1) is 23.5. The Morgan fingerprint density at radius 1 is 1.03 bits per heavy atom. The molecule has 0 bridgehead atoms. The van der Waals surface area contributed by atoms with Crippen molar-refractivity contribution >= 4 is 27.3 Å². The highest BCUT2D eigenvalue weighted by Crippen LogP contribution is 2.30. The molecule has 0 saturated carbocycles. The number of carbonyl (C=O) groups is 1. The molecule has 2 fully saturated rings. The SMILES string of the molecule is COc1ccc(CC(=O)Nc2ccccc2N2CCCCC2)cc1S(=O)(=O)N1CCOCC1. The predicted molar refractivity (Wildman–Crippen MR) is 127 cm³/mol. The molecular weight excluding hydrogens is 442 g/mol. The number of morpholine rings is 1. The number of para-hydroxylation sites is 2. The van der Waals surface area contributed by atoms with Crippen molar-refractivity contribution in [3.63, 3.8) is 0 Å². The zero-order valence-electron chi connectivity index (χ0n) is 19.0. The van der Waals surface area contributed by atoms with E-state index in [1.54, 1.807) is 18.2 Å². The third-order valence-corrected chi connectivity index (χ3v) is 7.98. The van der Waals surface area contributed by atoms with Gasteiger partial charge in [-0.1, -0.05) is 18.2 Å². The van der Waals surface area contributed by atoms with Gasteiger partial charge in [-0.25, -0.2) is 8.42 Å². The van der Waals surface area contributed by atoms with Gasteiger partial charge in [0.05, 0.1) is 38.1 Å². The lowest BCUT2D eigenvalue weighted by Crippen LogP contribution is -2.40. The Kier molecular flexibility index (Phi) is 7.52. The molecule has 0 aromatic heterocycles. The summed E-state index contributed by atoms with van der Waals surface area (Å²) in [6.07, 6.45) is 3.59. The summed E-state index contributed by atoms with van der Waals surface area (Å²) in [4.78, 5) is 15.3. The number of benzene rings is 2. The molecule has 9 heteroatoms. The van der Waals surface area contributed by atoms with Crippen LogP contribution in [0.25, 0.3) is 0 Å². The summed E-state index contributed by atoms with van der Waals surface area (Å²) < 4.78 is 38.4. The maximum atomic E-state index is 13.2. The third kappa shape index (κ3) is 5.48. The van der Waals surface area contributed by atoms with Crippen molar-refractivity contribution < 1.29 is 22.7 Å². The Morgan fingerprint density at radius 3 is 2.48 bits per heavy atom. The van der Waals surface area contributed by atoms with Gasteiger partial charge in [0.25, 0.3) is 0 Å². The third-order valence-electron chi connectivity index (χ3n) is 6.06. The minimum Gasteiger partial charge on any atom is -0.495 e. The summed E-state index contributed by atoms with van der Waals surface area (Å²) in [6.45, 7) is 3.27. The van der Waals surface area contributed by atoms with Gasteiger partial charge in [-0.05, 0) is 49.1 Å². The van der Waals surface area contributed by atoms with Crippen molar-refractivity contribution in [2.75, 3.05) is 56.7 Å². The van der Waals surface area contributed by atoms with Crippen LogP contribution < -0.4 is 15.0 Å². The monoisotopic (exact) mass is 473 g/mol. The van der Waals surface area contributed by atoms with E-state index in [-0.39, 0.29) is 23.0 Å². The lowest BCUT2D eigenvalue weighted by atomic mass is 10.1. The number of nitrogens with one attached hydrogen (secondary N) is 1. The van der Waals surface area contributed by atoms with Crippen LogP contribution in [0.3, 0.4) is 0 Å². The number of nitrogens with zero attached hydrogens (tertiary/aromatic N) is 2. The van der Waals surface area contributed by atoms with Crippen molar-refractivity contribution in [2.24, 2.45) is 0 Å². The molecule has 178 valence electrons. The van der Waals surface area contributed by atoms with Crippen LogP contribution in [-0.2, 0) is 26.0 Å². The van der Waals surface area contributed by atoms with Gasteiger partial charge in [-0.15, -0.1) is 0 Å². The van der Waals surface area contributed by atoms with E-state index in [1.165, 1.54) is 17.8 Å². The number of hydrogen-bond donors (Lipinski definition) is 1. The number of methoxy groups -OCH3 is 1. The molecule has 2 heterocycles. The molecule has 2 aromatic carbocycles. The second-order valence-corrected chi connectivity index (χ2v) is 10.2. The largest absolute Gasteiger partial charge is 0.495 e. The first-order chi connectivity index (χ1) is 16.0. The summed E-state index contributed by atoms with van der Waals surface area (Å²) in [7, 11) is -2.31. The van der Waals surface area contributed by atoms with Crippen molar-refractivity contribution in [1.29, 1.82) is 0 Å². The smallest absolute Gasteiger partial charge is 0.246 e. The Morgan fingerprint density at radius 2 is 1.76 bits per heavy atom. The van der Waals surface area contributed by atoms with E-state index >= 15 is 0 Å². The minimum atomic E-state index is -3.75. The maximum absolute atomic E-state index is 13.2. The molecule has 2 aliphatic heterocycles. The topological polar surface area (TPSA) is 88.2 Å². The molecule has 2 saturated heterocycles. The summed E-state index contributed by atoms with van der Waals surface area (Å²) in [5.74, 6) is 0.0699. The number of amides is 1. The van der Waals surface area contributed by atoms with Crippen LogP contribution in [0.1, 0.15) is 24.8 Å². The van der Waals surface area contributed by atoms with Gasteiger partial charge >= 0.3 is 0 Å². The quantitative estimate of drug-likeness (QED) is 0.665. The van der Waals surface area contributed by atoms with Gasteiger partial charge in [-0.3, -0.25) is 4.79 Å². The molecule has 0 spiro atoms. The lowest BCUT2D eigenvalue weighted by molar-refractivity contribution is -0.115.